The highest BCUT2D eigenvalue weighted by Crippen LogP contribution is 2.45. The van der Waals surface area contributed by atoms with Crippen LogP contribution in [0.3, 0.4) is 0 Å². The third kappa shape index (κ3) is 3.09. The fourth-order valence-electron chi connectivity index (χ4n) is 2.66. The predicted octanol–water partition coefficient (Wildman–Crippen LogP) is 4.40. The van der Waals surface area contributed by atoms with Crippen molar-refractivity contribution < 1.29 is 9.84 Å². The Morgan fingerprint density at radius 2 is 1.95 bits per heavy atom. The van der Waals surface area contributed by atoms with Gasteiger partial charge in [0.15, 0.2) is 0 Å². The normalized spacial score (nSPS) is 18.3. The molecule has 0 spiro atoms. The third-order valence-electron chi connectivity index (χ3n) is 3.81. The Labute approximate surface area is 130 Å². The lowest BCUT2D eigenvalue weighted by Crippen LogP contribution is -2.10. The SMILES string of the molecule is CCCOc1ccc(C(O)C2CSc3ccccc32)cc1. The van der Waals surface area contributed by atoms with Gasteiger partial charge in [-0.25, -0.2) is 0 Å². The summed E-state index contributed by atoms with van der Waals surface area (Å²) in [5, 5.41) is 10.7. The van der Waals surface area contributed by atoms with Crippen LogP contribution in [-0.4, -0.2) is 17.5 Å². The quantitative estimate of drug-likeness (QED) is 0.887. The third-order valence-corrected chi connectivity index (χ3v) is 5.02. The van der Waals surface area contributed by atoms with Crippen LogP contribution in [0.25, 0.3) is 0 Å². The highest BCUT2D eigenvalue weighted by Gasteiger charge is 2.29. The standard InChI is InChI=1S/C18H20O2S/c1-2-11-20-14-9-7-13(8-10-14)18(19)16-12-21-17-6-4-3-5-15(16)17/h3-10,16,18-19H,2,11-12H2,1H3. The van der Waals surface area contributed by atoms with Crippen molar-refractivity contribution in [2.45, 2.75) is 30.3 Å². The number of aliphatic hydroxyl groups excluding tert-OH is 1. The maximum absolute atomic E-state index is 10.7. The number of hydrogen-bond donors (Lipinski definition) is 1. The van der Waals surface area contributed by atoms with E-state index in [0.29, 0.717) is 0 Å². The van der Waals surface area contributed by atoms with Gasteiger partial charge in [-0.3, -0.25) is 0 Å². The molecule has 1 aliphatic heterocycles. The van der Waals surface area contributed by atoms with Gasteiger partial charge in [0.2, 0.25) is 0 Å². The van der Waals surface area contributed by atoms with E-state index in [0.717, 1.165) is 30.1 Å². The van der Waals surface area contributed by atoms with Gasteiger partial charge in [0.25, 0.3) is 0 Å². The first-order valence-electron chi connectivity index (χ1n) is 7.42. The number of ether oxygens (including phenoxy) is 1. The first-order valence-corrected chi connectivity index (χ1v) is 8.40. The highest BCUT2D eigenvalue weighted by molar-refractivity contribution is 7.99. The molecule has 3 rings (SSSR count). The fraction of sp³-hybridized carbons (Fsp3) is 0.333. The molecule has 1 heterocycles. The molecule has 0 fully saturated rings. The van der Waals surface area contributed by atoms with E-state index in [2.05, 4.69) is 25.1 Å². The Hall–Kier alpha value is -1.45. The van der Waals surface area contributed by atoms with Crippen LogP contribution in [0.2, 0.25) is 0 Å². The van der Waals surface area contributed by atoms with E-state index in [1.165, 1.54) is 10.5 Å². The first kappa shape index (κ1) is 14.5. The Bertz CT molecular complexity index is 594. The first-order chi connectivity index (χ1) is 10.3. The summed E-state index contributed by atoms with van der Waals surface area (Å²) in [4.78, 5) is 1.30. The van der Waals surface area contributed by atoms with Gasteiger partial charge in [0.1, 0.15) is 5.75 Å². The molecule has 0 radical (unpaired) electrons. The largest absolute Gasteiger partial charge is 0.494 e. The van der Waals surface area contributed by atoms with Gasteiger partial charge < -0.3 is 9.84 Å². The lowest BCUT2D eigenvalue weighted by Gasteiger charge is -2.19. The molecule has 0 aromatic heterocycles. The zero-order valence-electron chi connectivity index (χ0n) is 12.2. The molecular weight excluding hydrogens is 280 g/mol. The minimum Gasteiger partial charge on any atom is -0.494 e. The van der Waals surface area contributed by atoms with Crippen molar-refractivity contribution in [1.82, 2.24) is 0 Å². The van der Waals surface area contributed by atoms with Crippen LogP contribution in [-0.2, 0) is 0 Å². The molecule has 0 amide bonds. The second kappa shape index (κ2) is 6.54. The van der Waals surface area contributed by atoms with Crippen LogP contribution in [0.1, 0.15) is 36.5 Å². The predicted molar refractivity (Wildman–Crippen MR) is 87.1 cm³/mol. The summed E-state index contributed by atoms with van der Waals surface area (Å²) in [7, 11) is 0. The second-order valence-corrected chi connectivity index (χ2v) is 6.38. The van der Waals surface area contributed by atoms with Crippen LogP contribution < -0.4 is 4.74 Å². The zero-order chi connectivity index (χ0) is 14.7. The van der Waals surface area contributed by atoms with Gasteiger partial charge >= 0.3 is 0 Å². The minimum absolute atomic E-state index is 0.175. The molecule has 2 aromatic rings. The van der Waals surface area contributed by atoms with Crippen LogP contribution in [0.4, 0.5) is 0 Å². The van der Waals surface area contributed by atoms with Gasteiger partial charge in [-0.1, -0.05) is 37.3 Å². The van der Waals surface area contributed by atoms with E-state index in [-0.39, 0.29) is 5.92 Å². The zero-order valence-corrected chi connectivity index (χ0v) is 13.0. The Kier molecular flexibility index (Phi) is 4.51. The Morgan fingerprint density at radius 3 is 2.71 bits per heavy atom. The van der Waals surface area contributed by atoms with Crippen LogP contribution in [0.15, 0.2) is 53.4 Å². The van der Waals surface area contributed by atoms with Gasteiger partial charge in [-0.05, 0) is 35.7 Å². The summed E-state index contributed by atoms with van der Waals surface area (Å²) in [5.41, 5.74) is 2.22. The molecule has 2 nitrogen and oxygen atoms in total. The molecular formula is C18H20O2S. The average Bonchev–Trinajstić information content (AvgIpc) is 2.97. The number of hydrogen-bond acceptors (Lipinski definition) is 3. The van der Waals surface area contributed by atoms with E-state index < -0.39 is 6.10 Å². The molecule has 2 aromatic carbocycles. The van der Waals surface area contributed by atoms with E-state index in [9.17, 15) is 5.11 Å². The van der Waals surface area contributed by atoms with E-state index in [1.807, 2.05) is 42.1 Å². The molecule has 1 aliphatic rings. The highest BCUT2D eigenvalue weighted by atomic mass is 32.2. The van der Waals surface area contributed by atoms with Crippen molar-refractivity contribution in [3.05, 3.63) is 59.7 Å². The number of fused-ring (bicyclic) bond motifs is 1. The van der Waals surface area contributed by atoms with Crippen molar-refractivity contribution >= 4 is 11.8 Å². The second-order valence-electron chi connectivity index (χ2n) is 5.32. The molecule has 2 unspecified atom stereocenters. The van der Waals surface area contributed by atoms with Crippen LogP contribution in [0, 0.1) is 0 Å². The summed E-state index contributed by atoms with van der Waals surface area (Å²) in [6, 6.07) is 16.2. The molecule has 2 atom stereocenters. The van der Waals surface area contributed by atoms with Crippen molar-refractivity contribution in [2.24, 2.45) is 0 Å². The lowest BCUT2D eigenvalue weighted by molar-refractivity contribution is 0.153. The van der Waals surface area contributed by atoms with Gasteiger partial charge in [0, 0.05) is 16.6 Å². The van der Waals surface area contributed by atoms with E-state index in [1.54, 1.807) is 0 Å². The number of thioether (sulfide) groups is 1. The summed E-state index contributed by atoms with van der Waals surface area (Å²) in [6.07, 6.45) is 0.543. The smallest absolute Gasteiger partial charge is 0.119 e. The number of aliphatic hydroxyl groups is 1. The van der Waals surface area contributed by atoms with Crippen molar-refractivity contribution in [2.75, 3.05) is 12.4 Å². The van der Waals surface area contributed by atoms with E-state index in [4.69, 9.17) is 4.74 Å². The van der Waals surface area contributed by atoms with E-state index >= 15 is 0 Å². The molecule has 1 N–H and O–H groups in total. The van der Waals surface area contributed by atoms with Crippen LogP contribution >= 0.6 is 11.8 Å². The van der Waals surface area contributed by atoms with Crippen molar-refractivity contribution in [3.8, 4) is 5.75 Å². The Balaban J connectivity index is 1.75. The maximum atomic E-state index is 10.7. The average molecular weight is 300 g/mol. The summed E-state index contributed by atoms with van der Waals surface area (Å²) in [6.45, 7) is 2.82. The summed E-state index contributed by atoms with van der Waals surface area (Å²) in [5.74, 6) is 1.98. The lowest BCUT2D eigenvalue weighted by atomic mass is 9.91. The number of rotatable bonds is 5. The van der Waals surface area contributed by atoms with Crippen molar-refractivity contribution in [1.29, 1.82) is 0 Å². The molecule has 110 valence electrons. The molecule has 3 heteroatoms. The molecule has 0 aliphatic carbocycles. The molecule has 0 saturated heterocycles. The van der Waals surface area contributed by atoms with Crippen LogP contribution in [0.5, 0.6) is 5.75 Å². The molecule has 0 bridgehead atoms. The summed E-state index contributed by atoms with van der Waals surface area (Å²) < 4.78 is 5.59. The molecule has 0 saturated carbocycles. The topological polar surface area (TPSA) is 29.5 Å². The van der Waals surface area contributed by atoms with Gasteiger partial charge in [0.05, 0.1) is 12.7 Å². The fourth-order valence-corrected chi connectivity index (χ4v) is 3.94. The van der Waals surface area contributed by atoms with Gasteiger partial charge in [-0.15, -0.1) is 11.8 Å². The minimum atomic E-state index is -0.457. The number of benzene rings is 2. The maximum Gasteiger partial charge on any atom is 0.119 e. The summed E-state index contributed by atoms with van der Waals surface area (Å²) >= 11 is 1.83. The van der Waals surface area contributed by atoms with Crippen molar-refractivity contribution in [3.63, 3.8) is 0 Å². The Morgan fingerprint density at radius 1 is 1.19 bits per heavy atom. The molecule has 21 heavy (non-hydrogen) atoms. The van der Waals surface area contributed by atoms with Gasteiger partial charge in [-0.2, -0.15) is 0 Å². The monoisotopic (exact) mass is 300 g/mol.